The molecule has 0 N–H and O–H groups in total. The zero-order valence-corrected chi connectivity index (χ0v) is 12.2. The number of hydrogen-bond donors (Lipinski definition) is 0. The van der Waals surface area contributed by atoms with Gasteiger partial charge in [-0.15, -0.1) is 0 Å². The highest BCUT2D eigenvalue weighted by Crippen LogP contribution is 2.27. The van der Waals surface area contributed by atoms with Crippen molar-refractivity contribution in [3.63, 3.8) is 0 Å². The molecule has 0 heterocycles. The van der Waals surface area contributed by atoms with Crippen LogP contribution in [0.2, 0.25) is 0 Å². The minimum absolute atomic E-state index is 0.702. The molecule has 0 saturated heterocycles. The Bertz CT molecular complexity index is 538. The second-order valence-electron chi connectivity index (χ2n) is 5.48. The third-order valence-corrected chi connectivity index (χ3v) is 3.34. The molecule has 2 aromatic rings. The van der Waals surface area contributed by atoms with Crippen molar-refractivity contribution in [1.29, 1.82) is 0 Å². The van der Waals surface area contributed by atoms with E-state index in [2.05, 4.69) is 57.2 Å². The average Bonchev–Trinajstić information content (AvgIpc) is 2.39. The summed E-state index contributed by atoms with van der Waals surface area (Å²) in [6, 6.07) is 15.1. The second-order valence-corrected chi connectivity index (χ2v) is 5.48. The lowest BCUT2D eigenvalue weighted by Crippen LogP contribution is -1.93. The predicted octanol–water partition coefficient (Wildman–Crippen LogP) is 4.87. The molecule has 19 heavy (non-hydrogen) atoms. The van der Waals surface area contributed by atoms with Crippen molar-refractivity contribution in [3.8, 4) is 16.9 Å². The molecule has 0 aromatic heterocycles. The topological polar surface area (TPSA) is 9.23 Å². The molecule has 1 nitrogen and oxygen atoms in total. The van der Waals surface area contributed by atoms with E-state index in [9.17, 15) is 0 Å². The SMILES string of the molecule is COc1ccc(-c2ccc(CC(C)C)cc2)c(C)c1. The Balaban J connectivity index is 2.27. The maximum Gasteiger partial charge on any atom is 0.119 e. The van der Waals surface area contributed by atoms with Gasteiger partial charge >= 0.3 is 0 Å². The van der Waals surface area contributed by atoms with Crippen molar-refractivity contribution in [3.05, 3.63) is 53.6 Å². The van der Waals surface area contributed by atoms with E-state index >= 15 is 0 Å². The summed E-state index contributed by atoms with van der Waals surface area (Å²) in [6.45, 7) is 6.63. The Labute approximate surface area is 116 Å². The molecule has 1 heteroatoms. The zero-order chi connectivity index (χ0) is 13.8. The lowest BCUT2D eigenvalue weighted by molar-refractivity contribution is 0.414. The fourth-order valence-electron chi connectivity index (χ4n) is 2.38. The van der Waals surface area contributed by atoms with Crippen molar-refractivity contribution < 1.29 is 4.74 Å². The third-order valence-electron chi connectivity index (χ3n) is 3.34. The van der Waals surface area contributed by atoms with Crippen LogP contribution in [0.1, 0.15) is 25.0 Å². The van der Waals surface area contributed by atoms with E-state index in [4.69, 9.17) is 4.74 Å². The summed E-state index contributed by atoms with van der Waals surface area (Å²) in [6.07, 6.45) is 1.14. The van der Waals surface area contributed by atoms with Crippen LogP contribution in [0.5, 0.6) is 5.75 Å². The summed E-state index contributed by atoms with van der Waals surface area (Å²) in [4.78, 5) is 0. The Morgan fingerprint density at radius 2 is 1.68 bits per heavy atom. The molecule has 2 rings (SSSR count). The van der Waals surface area contributed by atoms with E-state index in [0.717, 1.165) is 12.2 Å². The van der Waals surface area contributed by atoms with Crippen LogP contribution in [-0.2, 0) is 6.42 Å². The van der Waals surface area contributed by atoms with E-state index < -0.39 is 0 Å². The molecule has 0 aliphatic carbocycles. The molecule has 0 atom stereocenters. The summed E-state index contributed by atoms with van der Waals surface area (Å²) >= 11 is 0. The van der Waals surface area contributed by atoms with E-state index in [1.807, 2.05) is 6.07 Å². The van der Waals surface area contributed by atoms with Gasteiger partial charge in [-0.25, -0.2) is 0 Å². The highest BCUT2D eigenvalue weighted by atomic mass is 16.5. The summed E-state index contributed by atoms with van der Waals surface area (Å²) in [5.41, 5.74) is 5.20. The Morgan fingerprint density at radius 3 is 2.21 bits per heavy atom. The van der Waals surface area contributed by atoms with Crippen LogP contribution in [0.15, 0.2) is 42.5 Å². The van der Waals surface area contributed by atoms with Gasteiger partial charge in [0.2, 0.25) is 0 Å². The highest BCUT2D eigenvalue weighted by molar-refractivity contribution is 5.68. The van der Waals surface area contributed by atoms with Crippen LogP contribution in [-0.4, -0.2) is 7.11 Å². The van der Waals surface area contributed by atoms with Crippen molar-refractivity contribution in [2.75, 3.05) is 7.11 Å². The largest absolute Gasteiger partial charge is 0.497 e. The molecule has 0 bridgehead atoms. The number of rotatable bonds is 4. The van der Waals surface area contributed by atoms with E-state index in [-0.39, 0.29) is 0 Å². The Hall–Kier alpha value is -1.76. The molecule has 2 aromatic carbocycles. The Morgan fingerprint density at radius 1 is 1.00 bits per heavy atom. The quantitative estimate of drug-likeness (QED) is 0.756. The maximum atomic E-state index is 5.25. The molecule has 0 unspecified atom stereocenters. The number of ether oxygens (including phenoxy) is 1. The maximum absolute atomic E-state index is 5.25. The second kappa shape index (κ2) is 5.92. The first kappa shape index (κ1) is 13.7. The lowest BCUT2D eigenvalue weighted by Gasteiger charge is -2.10. The molecule has 0 amide bonds. The summed E-state index contributed by atoms with van der Waals surface area (Å²) in [5, 5.41) is 0. The van der Waals surface area contributed by atoms with Gasteiger partial charge in [0.05, 0.1) is 7.11 Å². The van der Waals surface area contributed by atoms with E-state index in [1.165, 1.54) is 22.3 Å². The van der Waals surface area contributed by atoms with Gasteiger partial charge in [0.1, 0.15) is 5.75 Å². The first-order valence-electron chi connectivity index (χ1n) is 6.84. The molecule has 0 aliphatic heterocycles. The van der Waals surface area contributed by atoms with Gasteiger partial charge in [0.15, 0.2) is 0 Å². The van der Waals surface area contributed by atoms with Gasteiger partial charge in [-0.1, -0.05) is 44.2 Å². The number of aryl methyl sites for hydroxylation is 1. The standard InChI is InChI=1S/C18H22O/c1-13(2)11-15-5-7-16(8-6-15)18-10-9-17(19-4)12-14(18)3/h5-10,12-13H,11H2,1-4H3. The van der Waals surface area contributed by atoms with Crippen LogP contribution >= 0.6 is 0 Å². The van der Waals surface area contributed by atoms with Crippen LogP contribution in [0, 0.1) is 12.8 Å². The smallest absolute Gasteiger partial charge is 0.119 e. The van der Waals surface area contributed by atoms with Crippen LogP contribution in [0.3, 0.4) is 0 Å². The van der Waals surface area contributed by atoms with Gasteiger partial charge in [0.25, 0.3) is 0 Å². The van der Waals surface area contributed by atoms with Gasteiger partial charge < -0.3 is 4.74 Å². The molecule has 100 valence electrons. The minimum atomic E-state index is 0.702. The summed E-state index contributed by atoms with van der Waals surface area (Å²) < 4.78 is 5.25. The van der Waals surface area contributed by atoms with Gasteiger partial charge in [0, 0.05) is 0 Å². The molecule has 0 aliphatic rings. The number of benzene rings is 2. The molecular formula is C18H22O. The predicted molar refractivity (Wildman–Crippen MR) is 81.7 cm³/mol. The van der Waals surface area contributed by atoms with Gasteiger partial charge in [-0.3, -0.25) is 0 Å². The third kappa shape index (κ3) is 3.37. The van der Waals surface area contributed by atoms with Crippen LogP contribution in [0.4, 0.5) is 0 Å². The van der Waals surface area contributed by atoms with Crippen LogP contribution < -0.4 is 4.74 Å². The van der Waals surface area contributed by atoms with Crippen molar-refractivity contribution in [2.45, 2.75) is 27.2 Å². The van der Waals surface area contributed by atoms with Gasteiger partial charge in [-0.2, -0.15) is 0 Å². The molecule has 0 fully saturated rings. The van der Waals surface area contributed by atoms with E-state index in [0.29, 0.717) is 5.92 Å². The normalized spacial score (nSPS) is 10.8. The average molecular weight is 254 g/mol. The van der Waals surface area contributed by atoms with Gasteiger partial charge in [-0.05, 0) is 53.6 Å². The molecule has 0 spiro atoms. The number of methoxy groups -OCH3 is 1. The summed E-state index contributed by atoms with van der Waals surface area (Å²) in [7, 11) is 1.70. The first-order chi connectivity index (χ1) is 9.10. The Kier molecular flexibility index (Phi) is 4.26. The molecule has 0 radical (unpaired) electrons. The molecule has 0 saturated carbocycles. The zero-order valence-electron chi connectivity index (χ0n) is 12.2. The fraction of sp³-hybridized carbons (Fsp3) is 0.333. The van der Waals surface area contributed by atoms with E-state index in [1.54, 1.807) is 7.11 Å². The summed E-state index contributed by atoms with van der Waals surface area (Å²) in [5.74, 6) is 1.62. The highest BCUT2D eigenvalue weighted by Gasteiger charge is 2.04. The monoisotopic (exact) mass is 254 g/mol. The number of hydrogen-bond acceptors (Lipinski definition) is 1. The first-order valence-corrected chi connectivity index (χ1v) is 6.84. The lowest BCUT2D eigenvalue weighted by atomic mass is 9.97. The van der Waals surface area contributed by atoms with Crippen molar-refractivity contribution in [1.82, 2.24) is 0 Å². The minimum Gasteiger partial charge on any atom is -0.497 e. The molecular weight excluding hydrogens is 232 g/mol. The van der Waals surface area contributed by atoms with Crippen molar-refractivity contribution in [2.24, 2.45) is 5.92 Å². The van der Waals surface area contributed by atoms with Crippen LogP contribution in [0.25, 0.3) is 11.1 Å². The van der Waals surface area contributed by atoms with Crippen molar-refractivity contribution >= 4 is 0 Å². The fourth-order valence-corrected chi connectivity index (χ4v) is 2.38.